The van der Waals surface area contributed by atoms with E-state index < -0.39 is 20.0 Å². The molecule has 3 aromatic rings. The van der Waals surface area contributed by atoms with Crippen LogP contribution in [0.5, 0.6) is 5.75 Å². The number of sulfone groups is 1. The first-order valence-corrected chi connectivity index (χ1v) is 45.1. The van der Waals surface area contributed by atoms with E-state index in [4.69, 9.17) is 42.0 Å². The molecule has 6 heterocycles. The number of anilines is 1. The van der Waals surface area contributed by atoms with Gasteiger partial charge in [-0.2, -0.15) is 17.0 Å². The third kappa shape index (κ3) is 48.2. The number of amides is 3. The zero-order chi connectivity index (χ0) is 85.9. The highest BCUT2D eigenvalue weighted by atomic mass is 32.2. The maximum absolute atomic E-state index is 11.6. The first-order valence-electron chi connectivity index (χ1n) is 41.4. The summed E-state index contributed by atoms with van der Waals surface area (Å²) in [7, 11) is 14.7. The second-order valence-electron chi connectivity index (χ2n) is 30.1. The zero-order valence-corrected chi connectivity index (χ0v) is 74.5. The van der Waals surface area contributed by atoms with Crippen molar-refractivity contribution in [2.45, 2.75) is 164 Å². The van der Waals surface area contributed by atoms with Gasteiger partial charge in [-0.25, -0.2) is 8.42 Å². The molecule has 14 N–H and O–H groups in total. The number of hydrogen-bond donors (Lipinski definition) is 12. The van der Waals surface area contributed by atoms with Gasteiger partial charge in [0.2, 0.25) is 17.7 Å². The molecule has 8 fully saturated rings. The molecule has 31 nitrogen and oxygen atoms in total. The van der Waals surface area contributed by atoms with E-state index in [2.05, 4.69) is 123 Å². The Morgan fingerprint density at radius 3 is 1.47 bits per heavy atom. The molecule has 0 bridgehead atoms. The highest BCUT2D eigenvalue weighted by Crippen LogP contribution is 2.25. The van der Waals surface area contributed by atoms with E-state index in [0.29, 0.717) is 93.9 Å². The molecule has 2 saturated carbocycles. The normalized spacial score (nSPS) is 22.3. The SMILES string of the molecule is C#CCN1CCC(NC)C1.CNC(=O)CN1CCOCC1.CNC1CCC(OC/C=N/O)CC1.CNC1CCC(OCCN)CC1.CNC1CCN(C(=O)CN)CC1.CNC1CCN(C(C)=O)C1.CNC1CCN(Cc2ccccc2)C1.CNC1CCN(S(=O)(=O)N(C)C)C1.CNc1ccccc1OCc1ccccc1.CS(C)(=O)=O. The van der Waals surface area contributed by atoms with Crippen LogP contribution in [-0.2, 0) is 61.8 Å². The molecule has 33 heteroatoms. The van der Waals surface area contributed by atoms with Crippen LogP contribution in [0.4, 0.5) is 5.69 Å². The number of ether oxygens (including phenoxy) is 4. The fourth-order valence-electron chi connectivity index (χ4n) is 13.7. The number of likely N-dealkylation sites (N-methyl/N-ethyl adjacent to an activating group) is 5. The molecule has 3 amide bonds. The summed E-state index contributed by atoms with van der Waals surface area (Å²) >= 11 is 0. The molecule has 4 atom stereocenters. The van der Waals surface area contributed by atoms with Gasteiger partial charge >= 0.3 is 0 Å². The molecular weight excluding hydrogens is 1520 g/mol. The van der Waals surface area contributed by atoms with Crippen molar-refractivity contribution in [3.05, 3.63) is 96.1 Å². The number of rotatable bonds is 25. The number of piperidine rings is 1. The fraction of sp³-hybridized carbons (Fsp3) is 0.711. The summed E-state index contributed by atoms with van der Waals surface area (Å²) in [4.78, 5) is 43.4. The summed E-state index contributed by atoms with van der Waals surface area (Å²) in [6, 6.07) is 32.9. The van der Waals surface area contributed by atoms with Crippen LogP contribution in [0.2, 0.25) is 0 Å². The molecular formula is C83H153N19O12S2. The van der Waals surface area contributed by atoms with Crippen LogP contribution in [-0.4, -0.2) is 355 Å². The third-order valence-corrected chi connectivity index (χ3v) is 22.9. The van der Waals surface area contributed by atoms with Crippen LogP contribution in [0.25, 0.3) is 0 Å². The van der Waals surface area contributed by atoms with Gasteiger partial charge in [0.25, 0.3) is 10.2 Å². The lowest BCUT2D eigenvalue weighted by Crippen LogP contribution is -2.45. The Balaban J connectivity index is 0.000000441. The lowest BCUT2D eigenvalue weighted by molar-refractivity contribution is -0.131. The average molecular weight is 1670 g/mol. The van der Waals surface area contributed by atoms with Gasteiger partial charge in [0.05, 0.1) is 70.2 Å². The van der Waals surface area contributed by atoms with E-state index in [1.54, 1.807) is 28.1 Å². The molecule has 0 aromatic heterocycles. The van der Waals surface area contributed by atoms with Crippen LogP contribution >= 0.6 is 0 Å². The summed E-state index contributed by atoms with van der Waals surface area (Å²) < 4.78 is 67.2. The minimum atomic E-state index is -3.19. The standard InChI is InChI=1S/C14H15NO.C12H18N2.C9H18N2O2.C9H20N2O.C8H17N3O.C8H14N2.C7H17N3O2S.C7H14N2O2.C7H14N2O.C2H6O2S/c1-15-13-9-5-6-10-14(13)16-11-12-7-3-2-4-8-12;1-13-12-7-8-14(10-12)9-11-5-3-2-4-6-11;1-10-8-2-4-9(5-3-8)13-7-6-11-12;1-11-8-2-4-9(5-3-8)12-7-6-10;1-10-7-2-4-11(5-3-7)8(12)6-9;1-3-5-10-6-4-8(7-10)9-2;1-8-7-4-5-10(6-7)13(11,12)9(2)3;1-8-7(10)6-9-2-4-11-5-3-9;1-6(10)9-4-3-7(5-9)8-2;1-5(2,3)4/h2-10,15H,11H2,1H3;2-6,12-13H,7-10H2,1H3;6,8-10,12H,2-5,7H2,1H3;8-9,11H,2-7,10H2,1H3;7,10H,2-6,9H2,1H3;1,8-9H,4-7H2,2H3;7-8H,4-6H2,1-3H3;2-6H2,1H3,(H,8,10);7-8H,3-5H2,1-2H3;1-2H3/b;;11-6+;;;;;;;. The van der Waals surface area contributed by atoms with Crippen LogP contribution in [0.15, 0.2) is 90.1 Å². The summed E-state index contributed by atoms with van der Waals surface area (Å²) in [5.74, 6) is 3.88. The van der Waals surface area contributed by atoms with E-state index in [9.17, 15) is 31.2 Å². The van der Waals surface area contributed by atoms with Gasteiger partial charge in [-0.3, -0.25) is 29.1 Å². The monoisotopic (exact) mass is 1670 g/mol. The van der Waals surface area contributed by atoms with Crippen LogP contribution in [0, 0.1) is 12.3 Å². The van der Waals surface area contributed by atoms with Crippen molar-refractivity contribution in [1.29, 1.82) is 0 Å². The largest absolute Gasteiger partial charge is 0.487 e. The Bertz CT molecular complexity index is 3290. The third-order valence-electron chi connectivity index (χ3n) is 21.0. The van der Waals surface area contributed by atoms with Gasteiger partial charge in [-0.15, -0.1) is 6.42 Å². The topological polar surface area (TPSA) is 372 Å². The number of nitrogens with two attached hydrogens (primary N) is 2. The lowest BCUT2D eigenvalue weighted by atomic mass is 9.93. The molecule has 4 unspecified atom stereocenters. The molecule has 0 radical (unpaired) electrons. The van der Waals surface area contributed by atoms with Gasteiger partial charge in [0, 0.05) is 182 Å². The first-order chi connectivity index (χ1) is 55.7. The number of para-hydroxylation sites is 2. The van der Waals surface area contributed by atoms with E-state index in [1.807, 2.05) is 102 Å². The number of carbonyl (C=O) groups excluding carboxylic acids is 3. The van der Waals surface area contributed by atoms with Gasteiger partial charge in [-0.05, 0) is 162 Å². The number of morpholine rings is 1. The van der Waals surface area contributed by atoms with Crippen molar-refractivity contribution in [2.75, 3.05) is 226 Å². The van der Waals surface area contributed by atoms with Crippen molar-refractivity contribution < 1.29 is 55.4 Å². The highest BCUT2D eigenvalue weighted by molar-refractivity contribution is 7.90. The molecule has 2 aliphatic carbocycles. The van der Waals surface area contributed by atoms with E-state index in [-0.39, 0.29) is 24.3 Å². The summed E-state index contributed by atoms with van der Waals surface area (Å²) in [6.07, 6.45) is 25.7. The molecule has 11 rings (SSSR count). The number of nitrogens with one attached hydrogen (secondary N) is 9. The van der Waals surface area contributed by atoms with Gasteiger partial charge in [0.15, 0.2) is 0 Å². The molecule has 0 spiro atoms. The van der Waals surface area contributed by atoms with E-state index in [1.165, 1.54) is 90.4 Å². The van der Waals surface area contributed by atoms with Crippen molar-refractivity contribution in [1.82, 2.24) is 75.6 Å². The van der Waals surface area contributed by atoms with E-state index in [0.717, 1.165) is 148 Å². The Kier molecular flexibility index (Phi) is 58.4. The van der Waals surface area contributed by atoms with Crippen molar-refractivity contribution in [2.24, 2.45) is 16.6 Å². The van der Waals surface area contributed by atoms with Crippen molar-refractivity contribution in [3.63, 3.8) is 0 Å². The minimum absolute atomic E-state index is 0.0737. The van der Waals surface area contributed by atoms with Crippen molar-refractivity contribution >= 4 is 49.7 Å². The first kappa shape index (κ1) is 106. The highest BCUT2D eigenvalue weighted by Gasteiger charge is 2.32. The Labute approximate surface area is 698 Å². The van der Waals surface area contributed by atoms with Gasteiger partial charge < -0.3 is 93.3 Å². The number of nitrogens with zero attached hydrogens (tertiary/aromatic N) is 8. The average Bonchev–Trinajstić information content (AvgIpc) is 1.67. The Morgan fingerprint density at radius 2 is 1.02 bits per heavy atom. The fourth-order valence-corrected chi connectivity index (χ4v) is 14.9. The number of oxime groups is 1. The van der Waals surface area contributed by atoms with Crippen LogP contribution < -0.4 is 64.1 Å². The number of benzene rings is 3. The zero-order valence-electron chi connectivity index (χ0n) is 72.9. The Morgan fingerprint density at radius 1 is 0.569 bits per heavy atom. The van der Waals surface area contributed by atoms with Crippen LogP contribution in [0.1, 0.15) is 108 Å². The molecule has 6 aliphatic heterocycles. The maximum Gasteiger partial charge on any atom is 0.281 e. The summed E-state index contributed by atoms with van der Waals surface area (Å²) in [6.45, 7) is 19.1. The Hall–Kier alpha value is -6.08. The minimum Gasteiger partial charge on any atom is -0.487 e. The number of terminal acetylenes is 1. The number of hydrogen-bond acceptors (Lipinski definition) is 26. The van der Waals surface area contributed by atoms with Crippen LogP contribution in [0.3, 0.4) is 0 Å². The maximum atomic E-state index is 11.6. The molecule has 664 valence electrons. The molecule has 8 aliphatic rings. The van der Waals surface area contributed by atoms with Gasteiger partial charge in [0.1, 0.15) is 22.2 Å². The molecule has 116 heavy (non-hydrogen) atoms. The van der Waals surface area contributed by atoms with Crippen molar-refractivity contribution in [3.8, 4) is 18.1 Å². The summed E-state index contributed by atoms with van der Waals surface area (Å²) in [5, 5.41) is 39.3. The lowest BCUT2D eigenvalue weighted by Gasteiger charge is -2.31. The second-order valence-corrected chi connectivity index (χ2v) is 34.5. The molecule has 3 aromatic carbocycles. The van der Waals surface area contributed by atoms with Gasteiger partial charge in [-0.1, -0.05) is 83.9 Å². The number of carbonyl (C=O) groups is 3. The summed E-state index contributed by atoms with van der Waals surface area (Å²) in [5.41, 5.74) is 14.2. The van der Waals surface area contributed by atoms with E-state index >= 15 is 0 Å². The quantitative estimate of drug-likeness (QED) is 0.0251. The second kappa shape index (κ2) is 63.9. The molecule has 6 saturated heterocycles. The predicted molar refractivity (Wildman–Crippen MR) is 471 cm³/mol. The number of likely N-dealkylation sites (tertiary alicyclic amines) is 4. The predicted octanol–water partition coefficient (Wildman–Crippen LogP) is 2.98. The smallest absolute Gasteiger partial charge is 0.281 e.